The highest BCUT2D eigenvalue weighted by molar-refractivity contribution is 5.48. The van der Waals surface area contributed by atoms with Gasteiger partial charge in [0.1, 0.15) is 0 Å². The Kier molecular flexibility index (Phi) is 1.85. The fourth-order valence-electron chi connectivity index (χ4n) is 0.918. The minimum atomic E-state index is -0.179. The van der Waals surface area contributed by atoms with Gasteiger partial charge in [0.2, 0.25) is 0 Å². The molecule has 0 aliphatic carbocycles. The van der Waals surface area contributed by atoms with E-state index in [9.17, 15) is 4.79 Å². The summed E-state index contributed by atoms with van der Waals surface area (Å²) in [6.07, 6.45) is 1.58. The number of nitrogens with two attached hydrogens (primary N) is 2. The molecule has 0 atom stereocenters. The second-order valence-electron chi connectivity index (χ2n) is 2.32. The quantitative estimate of drug-likeness (QED) is 0.597. The Bertz CT molecular complexity index is 316. The highest BCUT2D eigenvalue weighted by atomic mass is 16.1. The van der Waals surface area contributed by atoms with Gasteiger partial charge in [0, 0.05) is 12.7 Å². The van der Waals surface area contributed by atoms with E-state index in [1.54, 1.807) is 6.20 Å². The van der Waals surface area contributed by atoms with Crippen molar-refractivity contribution in [1.29, 1.82) is 0 Å². The van der Waals surface area contributed by atoms with E-state index >= 15 is 0 Å². The maximum atomic E-state index is 11.1. The minimum Gasteiger partial charge on any atom is -0.397 e. The van der Waals surface area contributed by atoms with Gasteiger partial charge in [-0.05, 0) is 13.0 Å². The van der Waals surface area contributed by atoms with Gasteiger partial charge in [-0.2, -0.15) is 0 Å². The summed E-state index contributed by atoms with van der Waals surface area (Å²) in [5.41, 5.74) is 11.4. The van der Waals surface area contributed by atoms with Gasteiger partial charge >= 0.3 is 0 Å². The van der Waals surface area contributed by atoms with E-state index in [1.165, 1.54) is 10.6 Å². The number of rotatable bonds is 1. The summed E-state index contributed by atoms with van der Waals surface area (Å²) in [5, 5.41) is 0. The van der Waals surface area contributed by atoms with E-state index in [1.807, 2.05) is 6.92 Å². The zero-order valence-electron chi connectivity index (χ0n) is 6.37. The van der Waals surface area contributed by atoms with Crippen LogP contribution in [-0.4, -0.2) is 4.57 Å². The second-order valence-corrected chi connectivity index (χ2v) is 2.32. The van der Waals surface area contributed by atoms with Crippen molar-refractivity contribution in [3.8, 4) is 0 Å². The molecule has 0 fully saturated rings. The summed E-state index contributed by atoms with van der Waals surface area (Å²) in [6.45, 7) is 2.45. The predicted molar refractivity (Wildman–Crippen MR) is 45.2 cm³/mol. The molecular formula is C7H11N3O. The van der Waals surface area contributed by atoms with Crippen molar-refractivity contribution in [2.45, 2.75) is 13.5 Å². The smallest absolute Gasteiger partial charge is 0.273 e. The van der Waals surface area contributed by atoms with Crippen molar-refractivity contribution in [3.05, 3.63) is 22.6 Å². The van der Waals surface area contributed by atoms with Crippen LogP contribution in [-0.2, 0) is 6.54 Å². The lowest BCUT2D eigenvalue weighted by molar-refractivity contribution is 0.731. The number of hydrogen-bond donors (Lipinski definition) is 2. The van der Waals surface area contributed by atoms with Crippen LogP contribution >= 0.6 is 0 Å². The molecule has 11 heavy (non-hydrogen) atoms. The summed E-state index contributed by atoms with van der Waals surface area (Å²) in [7, 11) is 0. The molecule has 0 amide bonds. The topological polar surface area (TPSA) is 74.0 Å². The normalized spacial score (nSPS) is 9.91. The van der Waals surface area contributed by atoms with Crippen LogP contribution in [0.15, 0.2) is 17.1 Å². The number of pyridine rings is 1. The fourth-order valence-corrected chi connectivity index (χ4v) is 0.918. The second kappa shape index (κ2) is 2.65. The van der Waals surface area contributed by atoms with Crippen LogP contribution in [0.5, 0.6) is 0 Å². The molecule has 1 rings (SSSR count). The zero-order valence-corrected chi connectivity index (χ0v) is 6.37. The molecule has 1 aromatic rings. The molecule has 0 aromatic carbocycles. The van der Waals surface area contributed by atoms with E-state index in [0.717, 1.165) is 0 Å². The van der Waals surface area contributed by atoms with Crippen molar-refractivity contribution < 1.29 is 0 Å². The summed E-state index contributed by atoms with van der Waals surface area (Å²) < 4.78 is 1.48. The van der Waals surface area contributed by atoms with Crippen LogP contribution in [0.1, 0.15) is 6.92 Å². The van der Waals surface area contributed by atoms with E-state index in [-0.39, 0.29) is 11.2 Å². The van der Waals surface area contributed by atoms with E-state index in [0.29, 0.717) is 12.2 Å². The average Bonchev–Trinajstić information content (AvgIpc) is 1.96. The molecule has 0 aliphatic heterocycles. The molecule has 0 spiro atoms. The first-order valence-electron chi connectivity index (χ1n) is 3.40. The Morgan fingerprint density at radius 3 is 2.73 bits per heavy atom. The number of anilines is 2. The molecule has 4 N–H and O–H groups in total. The van der Waals surface area contributed by atoms with Crippen molar-refractivity contribution in [2.24, 2.45) is 0 Å². The SMILES string of the molecule is CCn1cc(N)cc(N)c1=O. The molecule has 0 saturated carbocycles. The first kappa shape index (κ1) is 7.65. The first-order chi connectivity index (χ1) is 5.15. The summed E-state index contributed by atoms with van der Waals surface area (Å²) in [4.78, 5) is 11.1. The van der Waals surface area contributed by atoms with Crippen LogP contribution in [0.3, 0.4) is 0 Å². The first-order valence-corrected chi connectivity index (χ1v) is 3.40. The molecular weight excluding hydrogens is 142 g/mol. The van der Waals surface area contributed by atoms with Gasteiger partial charge in [-0.1, -0.05) is 0 Å². The van der Waals surface area contributed by atoms with E-state index in [4.69, 9.17) is 11.5 Å². The number of nitrogen functional groups attached to an aromatic ring is 2. The molecule has 0 radical (unpaired) electrons. The molecule has 0 bridgehead atoms. The largest absolute Gasteiger partial charge is 0.397 e. The van der Waals surface area contributed by atoms with Gasteiger partial charge < -0.3 is 16.0 Å². The van der Waals surface area contributed by atoms with Gasteiger partial charge in [-0.15, -0.1) is 0 Å². The fraction of sp³-hybridized carbons (Fsp3) is 0.286. The molecule has 1 heterocycles. The molecule has 1 aromatic heterocycles. The summed E-state index contributed by atoms with van der Waals surface area (Å²) in [5.74, 6) is 0. The molecule has 0 aliphatic rings. The van der Waals surface area contributed by atoms with Crippen molar-refractivity contribution in [1.82, 2.24) is 4.57 Å². The number of aromatic nitrogens is 1. The Morgan fingerprint density at radius 1 is 1.55 bits per heavy atom. The highest BCUT2D eigenvalue weighted by Crippen LogP contribution is 2.02. The molecule has 0 unspecified atom stereocenters. The zero-order chi connectivity index (χ0) is 8.43. The van der Waals surface area contributed by atoms with Gasteiger partial charge in [0.05, 0.1) is 11.4 Å². The van der Waals surface area contributed by atoms with Crippen LogP contribution in [0, 0.1) is 0 Å². The van der Waals surface area contributed by atoms with E-state index < -0.39 is 0 Å². The lowest BCUT2D eigenvalue weighted by Crippen LogP contribution is -2.22. The predicted octanol–water partition coefficient (Wildman–Crippen LogP) is 0.0326. The van der Waals surface area contributed by atoms with Crippen LogP contribution in [0.25, 0.3) is 0 Å². The van der Waals surface area contributed by atoms with Crippen LogP contribution < -0.4 is 17.0 Å². The number of nitrogens with zero attached hydrogens (tertiary/aromatic N) is 1. The number of hydrogen-bond acceptors (Lipinski definition) is 3. The molecule has 60 valence electrons. The third-order valence-corrected chi connectivity index (χ3v) is 1.48. The van der Waals surface area contributed by atoms with Crippen molar-refractivity contribution in [3.63, 3.8) is 0 Å². The molecule has 4 heteroatoms. The molecule has 0 saturated heterocycles. The lowest BCUT2D eigenvalue weighted by Gasteiger charge is -2.03. The van der Waals surface area contributed by atoms with E-state index in [2.05, 4.69) is 0 Å². The monoisotopic (exact) mass is 153 g/mol. The van der Waals surface area contributed by atoms with Gasteiger partial charge in [0.25, 0.3) is 5.56 Å². The Morgan fingerprint density at radius 2 is 2.18 bits per heavy atom. The third-order valence-electron chi connectivity index (χ3n) is 1.48. The Hall–Kier alpha value is -1.45. The maximum Gasteiger partial charge on any atom is 0.273 e. The van der Waals surface area contributed by atoms with Gasteiger partial charge in [0.15, 0.2) is 0 Å². The maximum absolute atomic E-state index is 11.1. The number of aryl methyl sites for hydroxylation is 1. The minimum absolute atomic E-state index is 0.179. The van der Waals surface area contributed by atoms with Gasteiger partial charge in [-0.25, -0.2) is 0 Å². The van der Waals surface area contributed by atoms with Gasteiger partial charge in [-0.3, -0.25) is 4.79 Å². The summed E-state index contributed by atoms with van der Waals surface area (Å²) in [6, 6.07) is 1.47. The Labute approximate surface area is 64.4 Å². The van der Waals surface area contributed by atoms with Crippen molar-refractivity contribution >= 4 is 11.4 Å². The average molecular weight is 153 g/mol. The lowest BCUT2D eigenvalue weighted by atomic mass is 10.3. The summed E-state index contributed by atoms with van der Waals surface area (Å²) >= 11 is 0. The highest BCUT2D eigenvalue weighted by Gasteiger charge is 1.98. The standard InChI is InChI=1S/C7H11N3O/c1-2-10-4-5(8)3-6(9)7(10)11/h3-4H,2,8-9H2,1H3. The van der Waals surface area contributed by atoms with Crippen molar-refractivity contribution in [2.75, 3.05) is 11.5 Å². The van der Waals surface area contributed by atoms with Crippen LogP contribution in [0.2, 0.25) is 0 Å². The Balaban J connectivity index is 3.37. The molecule has 4 nitrogen and oxygen atoms in total. The third kappa shape index (κ3) is 1.34. The van der Waals surface area contributed by atoms with Crippen LogP contribution in [0.4, 0.5) is 11.4 Å².